The molecule has 0 aliphatic heterocycles. The van der Waals surface area contributed by atoms with Crippen molar-refractivity contribution >= 4 is 6.29 Å². The van der Waals surface area contributed by atoms with Gasteiger partial charge >= 0.3 is 0 Å². The summed E-state index contributed by atoms with van der Waals surface area (Å²) >= 11 is 0. The van der Waals surface area contributed by atoms with Crippen LogP contribution in [-0.4, -0.2) is 11.4 Å². The summed E-state index contributed by atoms with van der Waals surface area (Å²) < 4.78 is 4.74. The van der Waals surface area contributed by atoms with Crippen molar-refractivity contribution in [2.45, 2.75) is 0 Å². The van der Waals surface area contributed by atoms with Gasteiger partial charge in [-0.3, -0.25) is 4.79 Å². The largest absolute Gasteiger partial charge is 0.353 e. The Morgan fingerprint density at radius 3 is 2.60 bits per heavy atom. The van der Waals surface area contributed by atoms with E-state index in [1.807, 2.05) is 6.07 Å². The molecule has 4 heteroatoms. The molecular formula is C11H6N2O2. The highest BCUT2D eigenvalue weighted by Gasteiger charge is 2.05. The van der Waals surface area contributed by atoms with Crippen LogP contribution in [0.25, 0.3) is 11.3 Å². The predicted octanol–water partition coefficient (Wildman–Crippen LogP) is 2.03. The third-order valence-electron chi connectivity index (χ3n) is 1.95. The van der Waals surface area contributed by atoms with Gasteiger partial charge in [-0.1, -0.05) is 17.3 Å². The lowest BCUT2D eigenvalue weighted by molar-refractivity contribution is 0.109. The van der Waals surface area contributed by atoms with E-state index in [1.54, 1.807) is 30.3 Å². The van der Waals surface area contributed by atoms with E-state index in [9.17, 15) is 4.79 Å². The molecule has 0 spiro atoms. The third kappa shape index (κ3) is 1.76. The Balaban J connectivity index is 2.37. The molecule has 0 saturated heterocycles. The highest BCUT2D eigenvalue weighted by molar-refractivity contribution is 5.73. The van der Waals surface area contributed by atoms with E-state index >= 15 is 0 Å². The smallest absolute Gasteiger partial charge is 0.199 e. The Kier molecular flexibility index (Phi) is 2.30. The van der Waals surface area contributed by atoms with Crippen LogP contribution in [0.5, 0.6) is 0 Å². The van der Waals surface area contributed by atoms with Crippen molar-refractivity contribution in [3.63, 3.8) is 0 Å². The van der Waals surface area contributed by atoms with Gasteiger partial charge in [0, 0.05) is 11.6 Å². The monoisotopic (exact) mass is 198 g/mol. The van der Waals surface area contributed by atoms with Gasteiger partial charge in [0.15, 0.2) is 12.0 Å². The molecule has 0 fully saturated rings. The average molecular weight is 198 g/mol. The minimum absolute atomic E-state index is 0.189. The Morgan fingerprint density at radius 1 is 1.33 bits per heavy atom. The van der Waals surface area contributed by atoms with Gasteiger partial charge in [-0.25, -0.2) is 0 Å². The Morgan fingerprint density at radius 2 is 2.07 bits per heavy atom. The van der Waals surface area contributed by atoms with Gasteiger partial charge in [-0.05, 0) is 12.1 Å². The molecule has 2 rings (SSSR count). The SMILES string of the molecule is N#Cc1ccc(-c2cc(C=O)on2)cc1. The number of nitriles is 1. The van der Waals surface area contributed by atoms with Gasteiger partial charge in [0.05, 0.1) is 11.6 Å². The summed E-state index contributed by atoms with van der Waals surface area (Å²) in [5.41, 5.74) is 1.98. The summed E-state index contributed by atoms with van der Waals surface area (Å²) in [6.45, 7) is 0. The zero-order valence-electron chi connectivity index (χ0n) is 7.68. The van der Waals surface area contributed by atoms with Gasteiger partial charge in [-0.2, -0.15) is 5.26 Å². The Labute approximate surface area is 85.7 Å². The third-order valence-corrected chi connectivity index (χ3v) is 1.95. The zero-order valence-corrected chi connectivity index (χ0v) is 7.68. The van der Waals surface area contributed by atoms with E-state index in [1.165, 1.54) is 0 Å². The van der Waals surface area contributed by atoms with Gasteiger partial charge in [0.25, 0.3) is 0 Å². The van der Waals surface area contributed by atoms with Gasteiger partial charge in [-0.15, -0.1) is 0 Å². The van der Waals surface area contributed by atoms with Crippen molar-refractivity contribution in [1.82, 2.24) is 5.16 Å². The fraction of sp³-hybridized carbons (Fsp3) is 0. The Hall–Kier alpha value is -2.41. The van der Waals surface area contributed by atoms with Crippen molar-refractivity contribution in [2.24, 2.45) is 0 Å². The van der Waals surface area contributed by atoms with Crippen molar-refractivity contribution in [1.29, 1.82) is 5.26 Å². The van der Waals surface area contributed by atoms with Crippen LogP contribution in [0.4, 0.5) is 0 Å². The number of hydrogen-bond acceptors (Lipinski definition) is 4. The molecule has 2 aromatic rings. The zero-order chi connectivity index (χ0) is 10.7. The number of hydrogen-bond donors (Lipinski definition) is 0. The molecule has 0 amide bonds. The topological polar surface area (TPSA) is 66.9 Å². The summed E-state index contributed by atoms with van der Waals surface area (Å²) in [6.07, 6.45) is 0.597. The van der Waals surface area contributed by atoms with Gasteiger partial charge in [0.1, 0.15) is 5.69 Å². The van der Waals surface area contributed by atoms with Crippen LogP contribution in [0.15, 0.2) is 34.9 Å². The van der Waals surface area contributed by atoms with E-state index in [4.69, 9.17) is 9.78 Å². The van der Waals surface area contributed by atoms with Crippen molar-refractivity contribution in [2.75, 3.05) is 0 Å². The highest BCUT2D eigenvalue weighted by atomic mass is 16.5. The maximum atomic E-state index is 10.4. The van der Waals surface area contributed by atoms with Crippen LogP contribution < -0.4 is 0 Å². The van der Waals surface area contributed by atoms with Crippen molar-refractivity contribution < 1.29 is 9.32 Å². The fourth-order valence-electron chi connectivity index (χ4n) is 1.20. The normalized spacial score (nSPS) is 9.53. The first kappa shape index (κ1) is 9.16. The summed E-state index contributed by atoms with van der Waals surface area (Å²) in [5, 5.41) is 12.3. The van der Waals surface area contributed by atoms with E-state index in [-0.39, 0.29) is 5.76 Å². The molecule has 0 aliphatic carbocycles. The second-order valence-corrected chi connectivity index (χ2v) is 2.92. The summed E-state index contributed by atoms with van der Waals surface area (Å²) in [7, 11) is 0. The summed E-state index contributed by atoms with van der Waals surface area (Å²) in [6, 6.07) is 10.5. The van der Waals surface area contributed by atoms with E-state index in [0.29, 0.717) is 17.5 Å². The van der Waals surface area contributed by atoms with Crippen LogP contribution in [0.1, 0.15) is 16.1 Å². The lowest BCUT2D eigenvalue weighted by Gasteiger charge is -1.93. The molecule has 0 atom stereocenters. The molecule has 0 N–H and O–H groups in total. The number of aromatic nitrogens is 1. The maximum absolute atomic E-state index is 10.4. The fourth-order valence-corrected chi connectivity index (χ4v) is 1.20. The van der Waals surface area contributed by atoms with Gasteiger partial charge in [0.2, 0.25) is 0 Å². The first-order valence-corrected chi connectivity index (χ1v) is 4.26. The molecule has 1 heterocycles. The molecule has 0 radical (unpaired) electrons. The molecule has 1 aromatic heterocycles. The second-order valence-electron chi connectivity index (χ2n) is 2.92. The maximum Gasteiger partial charge on any atom is 0.199 e. The van der Waals surface area contributed by atoms with E-state index < -0.39 is 0 Å². The molecule has 0 aliphatic rings. The van der Waals surface area contributed by atoms with Crippen LogP contribution >= 0.6 is 0 Å². The Bertz CT molecular complexity index is 520. The number of aldehydes is 1. The number of nitrogens with zero attached hydrogens (tertiary/aromatic N) is 2. The second kappa shape index (κ2) is 3.76. The number of carbonyl (C=O) groups excluding carboxylic acids is 1. The minimum Gasteiger partial charge on any atom is -0.353 e. The molecule has 0 saturated carbocycles. The molecule has 1 aromatic carbocycles. The lowest BCUT2D eigenvalue weighted by Crippen LogP contribution is -1.78. The lowest BCUT2D eigenvalue weighted by atomic mass is 10.1. The van der Waals surface area contributed by atoms with Crippen LogP contribution in [-0.2, 0) is 0 Å². The number of carbonyl (C=O) groups is 1. The molecule has 0 bridgehead atoms. The first-order chi connectivity index (χ1) is 7.33. The van der Waals surface area contributed by atoms with Crippen molar-refractivity contribution in [3.8, 4) is 17.3 Å². The molecule has 15 heavy (non-hydrogen) atoms. The molecule has 4 nitrogen and oxygen atoms in total. The minimum atomic E-state index is 0.189. The quantitative estimate of drug-likeness (QED) is 0.692. The molecule has 72 valence electrons. The standard InChI is InChI=1S/C11H6N2O2/c12-6-8-1-3-9(4-2-8)11-5-10(7-14)15-13-11/h1-5,7H. The van der Waals surface area contributed by atoms with Crippen LogP contribution in [0, 0.1) is 11.3 Å². The van der Waals surface area contributed by atoms with E-state index in [0.717, 1.165) is 5.56 Å². The van der Waals surface area contributed by atoms with Crippen molar-refractivity contribution in [3.05, 3.63) is 41.7 Å². The molecule has 0 unspecified atom stereocenters. The van der Waals surface area contributed by atoms with Crippen LogP contribution in [0.2, 0.25) is 0 Å². The number of rotatable bonds is 2. The first-order valence-electron chi connectivity index (χ1n) is 4.26. The highest BCUT2D eigenvalue weighted by Crippen LogP contribution is 2.18. The summed E-state index contributed by atoms with van der Waals surface area (Å²) in [4.78, 5) is 10.4. The number of benzene rings is 1. The predicted molar refractivity (Wildman–Crippen MR) is 52.0 cm³/mol. The van der Waals surface area contributed by atoms with E-state index in [2.05, 4.69) is 5.16 Å². The molecular weight excluding hydrogens is 192 g/mol. The average Bonchev–Trinajstić information content (AvgIpc) is 2.78. The van der Waals surface area contributed by atoms with Crippen LogP contribution in [0.3, 0.4) is 0 Å². The van der Waals surface area contributed by atoms with Gasteiger partial charge < -0.3 is 4.52 Å². The summed E-state index contributed by atoms with van der Waals surface area (Å²) in [5.74, 6) is 0.189.